The number of para-hydroxylation sites is 1. The molecule has 25 heavy (non-hydrogen) atoms. The van der Waals surface area contributed by atoms with E-state index >= 15 is 0 Å². The zero-order chi connectivity index (χ0) is 17.9. The van der Waals surface area contributed by atoms with Crippen LogP contribution in [0, 0.1) is 10.1 Å². The second kappa shape index (κ2) is 6.83. The van der Waals surface area contributed by atoms with Gasteiger partial charge in [0.15, 0.2) is 0 Å². The van der Waals surface area contributed by atoms with Crippen LogP contribution in [0.4, 0.5) is 5.69 Å². The Hall–Kier alpha value is -3.04. The van der Waals surface area contributed by atoms with E-state index in [0.717, 1.165) is 23.4 Å². The van der Waals surface area contributed by atoms with Gasteiger partial charge in [-0.15, -0.1) is 0 Å². The summed E-state index contributed by atoms with van der Waals surface area (Å²) in [4.78, 5) is 10.0. The first-order chi connectivity index (χ1) is 12.0. The highest BCUT2D eigenvalue weighted by Crippen LogP contribution is 2.17. The lowest BCUT2D eigenvalue weighted by atomic mass is 10.2. The summed E-state index contributed by atoms with van der Waals surface area (Å²) in [5.41, 5.74) is 1.35. The van der Waals surface area contributed by atoms with Crippen LogP contribution in [0.15, 0.2) is 71.9 Å². The van der Waals surface area contributed by atoms with E-state index in [1.807, 2.05) is 18.2 Å². The predicted octanol–water partition coefficient (Wildman–Crippen LogP) is 2.26. The third kappa shape index (κ3) is 3.73. The molecule has 1 aromatic heterocycles. The van der Waals surface area contributed by atoms with E-state index in [1.165, 1.54) is 12.1 Å². The molecule has 8 nitrogen and oxygen atoms in total. The molecule has 0 saturated carbocycles. The van der Waals surface area contributed by atoms with E-state index in [-0.39, 0.29) is 17.1 Å². The van der Waals surface area contributed by atoms with Crippen LogP contribution in [0.25, 0.3) is 5.69 Å². The average Bonchev–Trinajstić information content (AvgIpc) is 3.15. The molecule has 0 aliphatic carbocycles. The maximum absolute atomic E-state index is 12.4. The SMILES string of the molecule is O=[N+]([O-])c1ccc(S(=O)(=O)NCc2ccccc2-n2cccn2)cc1. The number of sulfonamides is 1. The first kappa shape index (κ1) is 16.8. The zero-order valence-corrected chi connectivity index (χ0v) is 13.8. The Morgan fingerprint density at radius 1 is 1.08 bits per heavy atom. The fourth-order valence-corrected chi connectivity index (χ4v) is 3.30. The Morgan fingerprint density at radius 2 is 1.80 bits per heavy atom. The fourth-order valence-electron chi connectivity index (χ4n) is 2.30. The van der Waals surface area contributed by atoms with E-state index < -0.39 is 14.9 Å². The molecule has 0 unspecified atom stereocenters. The molecule has 2 aromatic carbocycles. The van der Waals surface area contributed by atoms with E-state index in [2.05, 4.69) is 9.82 Å². The first-order valence-corrected chi connectivity index (χ1v) is 8.78. The van der Waals surface area contributed by atoms with Crippen LogP contribution in [0.3, 0.4) is 0 Å². The third-order valence-electron chi connectivity index (χ3n) is 3.55. The van der Waals surface area contributed by atoms with Crippen molar-refractivity contribution >= 4 is 15.7 Å². The van der Waals surface area contributed by atoms with Crippen molar-refractivity contribution in [1.29, 1.82) is 0 Å². The normalized spacial score (nSPS) is 11.4. The molecule has 0 aliphatic rings. The third-order valence-corrected chi connectivity index (χ3v) is 4.97. The highest BCUT2D eigenvalue weighted by atomic mass is 32.2. The number of rotatable bonds is 6. The van der Waals surface area contributed by atoms with Crippen molar-refractivity contribution in [3.05, 3.63) is 82.7 Å². The molecule has 3 rings (SSSR count). The van der Waals surface area contributed by atoms with Crippen molar-refractivity contribution in [3.63, 3.8) is 0 Å². The van der Waals surface area contributed by atoms with Crippen molar-refractivity contribution in [1.82, 2.24) is 14.5 Å². The Morgan fingerprint density at radius 3 is 2.44 bits per heavy atom. The van der Waals surface area contributed by atoms with Crippen molar-refractivity contribution in [2.75, 3.05) is 0 Å². The Bertz CT molecular complexity index is 983. The Kier molecular flexibility index (Phi) is 4.59. The maximum atomic E-state index is 12.4. The second-order valence-corrected chi connectivity index (χ2v) is 6.92. The summed E-state index contributed by atoms with van der Waals surface area (Å²) in [6.45, 7) is 0.0648. The van der Waals surface area contributed by atoms with Gasteiger partial charge in [-0.05, 0) is 29.8 Å². The second-order valence-electron chi connectivity index (χ2n) is 5.15. The summed E-state index contributed by atoms with van der Waals surface area (Å²) in [5.74, 6) is 0. The summed E-state index contributed by atoms with van der Waals surface area (Å²) in [5, 5.41) is 14.8. The largest absolute Gasteiger partial charge is 0.269 e. The van der Waals surface area contributed by atoms with E-state index in [1.54, 1.807) is 29.2 Å². The molecule has 1 N–H and O–H groups in total. The fraction of sp³-hybridized carbons (Fsp3) is 0.0625. The minimum Gasteiger partial charge on any atom is -0.258 e. The highest BCUT2D eigenvalue weighted by molar-refractivity contribution is 7.89. The molecule has 0 bridgehead atoms. The van der Waals surface area contributed by atoms with E-state index in [9.17, 15) is 18.5 Å². The zero-order valence-electron chi connectivity index (χ0n) is 12.9. The van der Waals surface area contributed by atoms with Gasteiger partial charge in [-0.1, -0.05) is 18.2 Å². The number of nitro benzene ring substituents is 1. The van der Waals surface area contributed by atoms with Crippen LogP contribution in [0.2, 0.25) is 0 Å². The number of non-ortho nitro benzene ring substituents is 1. The number of benzene rings is 2. The summed E-state index contributed by atoms with van der Waals surface area (Å²) >= 11 is 0. The monoisotopic (exact) mass is 358 g/mol. The van der Waals surface area contributed by atoms with Gasteiger partial charge in [-0.2, -0.15) is 5.10 Å². The van der Waals surface area contributed by atoms with Gasteiger partial charge in [0.2, 0.25) is 10.0 Å². The lowest BCUT2D eigenvalue weighted by molar-refractivity contribution is -0.384. The summed E-state index contributed by atoms with van der Waals surface area (Å²) < 4.78 is 28.9. The van der Waals surface area contributed by atoms with E-state index in [0.29, 0.717) is 0 Å². The Balaban J connectivity index is 1.80. The molecule has 3 aromatic rings. The van der Waals surface area contributed by atoms with Crippen LogP contribution in [-0.2, 0) is 16.6 Å². The number of hydrogen-bond donors (Lipinski definition) is 1. The summed E-state index contributed by atoms with van der Waals surface area (Å²) in [6, 6.07) is 13.8. The van der Waals surface area contributed by atoms with Gasteiger partial charge in [0.05, 0.1) is 15.5 Å². The number of nitrogens with zero attached hydrogens (tertiary/aromatic N) is 3. The van der Waals surface area contributed by atoms with Crippen LogP contribution in [-0.4, -0.2) is 23.1 Å². The maximum Gasteiger partial charge on any atom is 0.269 e. The molecule has 9 heteroatoms. The molecule has 0 radical (unpaired) electrons. The van der Waals surface area contributed by atoms with Crippen molar-refractivity contribution in [2.45, 2.75) is 11.4 Å². The molecule has 0 amide bonds. The minimum absolute atomic E-state index is 0.0327. The van der Waals surface area contributed by atoms with Gasteiger partial charge in [-0.3, -0.25) is 10.1 Å². The van der Waals surface area contributed by atoms with Gasteiger partial charge < -0.3 is 0 Å². The van der Waals surface area contributed by atoms with Crippen molar-refractivity contribution in [2.24, 2.45) is 0 Å². The molecular weight excluding hydrogens is 344 g/mol. The van der Waals surface area contributed by atoms with Gasteiger partial charge in [-0.25, -0.2) is 17.8 Å². The highest BCUT2D eigenvalue weighted by Gasteiger charge is 2.16. The van der Waals surface area contributed by atoms with Crippen LogP contribution in [0.1, 0.15) is 5.56 Å². The molecule has 0 fully saturated rings. The molecule has 0 saturated heterocycles. The van der Waals surface area contributed by atoms with Crippen molar-refractivity contribution in [3.8, 4) is 5.69 Å². The number of hydrogen-bond acceptors (Lipinski definition) is 5. The van der Waals surface area contributed by atoms with Gasteiger partial charge in [0.1, 0.15) is 0 Å². The molecular formula is C16H14N4O4S. The van der Waals surface area contributed by atoms with E-state index in [4.69, 9.17) is 0 Å². The Labute approximate surface area is 143 Å². The molecule has 0 atom stereocenters. The standard InChI is InChI=1S/C16H14N4O4S/c21-20(22)14-6-8-15(9-7-14)25(23,24)18-12-13-4-1-2-5-16(13)19-11-3-10-17-19/h1-11,18H,12H2. The first-order valence-electron chi connectivity index (χ1n) is 7.29. The summed E-state index contributed by atoms with van der Waals surface area (Å²) in [7, 11) is -3.79. The predicted molar refractivity (Wildman–Crippen MR) is 90.7 cm³/mol. The molecule has 128 valence electrons. The summed E-state index contributed by atoms with van der Waals surface area (Å²) in [6.07, 6.45) is 3.40. The molecule has 1 heterocycles. The quantitative estimate of drug-likeness (QED) is 0.537. The smallest absolute Gasteiger partial charge is 0.258 e. The minimum atomic E-state index is -3.79. The molecule has 0 aliphatic heterocycles. The van der Waals surface area contributed by atoms with Crippen LogP contribution >= 0.6 is 0 Å². The number of nitro groups is 1. The molecule has 0 spiro atoms. The van der Waals surface area contributed by atoms with Crippen LogP contribution in [0.5, 0.6) is 0 Å². The number of aromatic nitrogens is 2. The van der Waals surface area contributed by atoms with Crippen LogP contribution < -0.4 is 4.72 Å². The lowest BCUT2D eigenvalue weighted by Gasteiger charge is -2.11. The van der Waals surface area contributed by atoms with Gasteiger partial charge in [0, 0.05) is 31.1 Å². The van der Waals surface area contributed by atoms with Crippen molar-refractivity contribution < 1.29 is 13.3 Å². The van der Waals surface area contributed by atoms with Gasteiger partial charge >= 0.3 is 0 Å². The lowest BCUT2D eigenvalue weighted by Crippen LogP contribution is -2.24. The van der Waals surface area contributed by atoms with Gasteiger partial charge in [0.25, 0.3) is 5.69 Å². The topological polar surface area (TPSA) is 107 Å². The number of nitrogens with one attached hydrogen (secondary N) is 1. The average molecular weight is 358 g/mol.